The third-order valence-corrected chi connectivity index (χ3v) is 3.50. The molecule has 1 aromatic carbocycles. The van der Waals surface area contributed by atoms with Crippen LogP contribution in [0.3, 0.4) is 0 Å². The normalized spacial score (nSPS) is 18.4. The maximum atomic E-state index is 12.2. The van der Waals surface area contributed by atoms with E-state index in [-0.39, 0.29) is 31.1 Å². The first-order valence-electron chi connectivity index (χ1n) is 7.31. The predicted molar refractivity (Wildman–Crippen MR) is 77.5 cm³/mol. The minimum atomic E-state index is -0.335. The second-order valence-electron chi connectivity index (χ2n) is 5.03. The van der Waals surface area contributed by atoms with E-state index in [1.807, 2.05) is 35.2 Å². The van der Waals surface area contributed by atoms with Gasteiger partial charge in [0, 0.05) is 0 Å². The summed E-state index contributed by atoms with van der Waals surface area (Å²) >= 11 is 0. The number of likely N-dealkylation sites (tertiary alicyclic amines) is 1. The molecule has 0 amide bonds. The average Bonchev–Trinajstić information content (AvgIpc) is 2.94. The van der Waals surface area contributed by atoms with E-state index in [0.29, 0.717) is 6.61 Å². The third-order valence-electron chi connectivity index (χ3n) is 3.50. The zero-order chi connectivity index (χ0) is 15.1. The van der Waals surface area contributed by atoms with Crippen LogP contribution < -0.4 is 0 Å². The van der Waals surface area contributed by atoms with E-state index in [0.717, 1.165) is 24.9 Å². The van der Waals surface area contributed by atoms with Crippen molar-refractivity contribution in [3.8, 4) is 0 Å². The van der Waals surface area contributed by atoms with Gasteiger partial charge in [0.1, 0.15) is 12.6 Å². The molecule has 21 heavy (non-hydrogen) atoms. The second kappa shape index (κ2) is 7.78. The molecule has 0 saturated carbocycles. The molecule has 1 aliphatic rings. The van der Waals surface area contributed by atoms with E-state index < -0.39 is 0 Å². The maximum absolute atomic E-state index is 12.2. The van der Waals surface area contributed by atoms with Crippen LogP contribution in [0.5, 0.6) is 0 Å². The molecule has 0 aromatic heterocycles. The third kappa shape index (κ3) is 4.56. The molecule has 114 valence electrons. The van der Waals surface area contributed by atoms with Crippen molar-refractivity contribution in [1.82, 2.24) is 4.90 Å². The van der Waals surface area contributed by atoms with Crippen LogP contribution >= 0.6 is 0 Å². The Balaban J connectivity index is 1.84. The smallest absolute Gasteiger partial charge is 0.323 e. The average molecular weight is 291 g/mol. The Morgan fingerprint density at radius 3 is 2.71 bits per heavy atom. The molecule has 0 N–H and O–H groups in total. The van der Waals surface area contributed by atoms with Crippen molar-refractivity contribution in [1.29, 1.82) is 0 Å². The van der Waals surface area contributed by atoms with E-state index >= 15 is 0 Å². The van der Waals surface area contributed by atoms with Crippen molar-refractivity contribution in [2.75, 3.05) is 19.7 Å². The van der Waals surface area contributed by atoms with Crippen molar-refractivity contribution < 1.29 is 19.1 Å². The van der Waals surface area contributed by atoms with Gasteiger partial charge in [-0.25, -0.2) is 0 Å². The molecule has 1 aromatic rings. The van der Waals surface area contributed by atoms with Gasteiger partial charge in [-0.2, -0.15) is 0 Å². The van der Waals surface area contributed by atoms with E-state index in [4.69, 9.17) is 9.47 Å². The molecule has 1 heterocycles. The Morgan fingerprint density at radius 2 is 2.00 bits per heavy atom. The van der Waals surface area contributed by atoms with Crippen molar-refractivity contribution in [3.63, 3.8) is 0 Å². The van der Waals surface area contributed by atoms with Gasteiger partial charge < -0.3 is 9.47 Å². The van der Waals surface area contributed by atoms with E-state index in [2.05, 4.69) is 0 Å². The summed E-state index contributed by atoms with van der Waals surface area (Å²) in [5.41, 5.74) is 0.959. The largest absolute Gasteiger partial charge is 0.465 e. The van der Waals surface area contributed by atoms with Crippen molar-refractivity contribution in [2.45, 2.75) is 32.4 Å². The summed E-state index contributed by atoms with van der Waals surface area (Å²) in [6, 6.07) is 9.23. The molecular formula is C16H21NO4. The fourth-order valence-electron chi connectivity index (χ4n) is 2.48. The highest BCUT2D eigenvalue weighted by Crippen LogP contribution is 2.18. The van der Waals surface area contributed by atoms with Gasteiger partial charge in [0.2, 0.25) is 0 Å². The molecule has 0 bridgehead atoms. The maximum Gasteiger partial charge on any atom is 0.323 e. The van der Waals surface area contributed by atoms with Gasteiger partial charge in [0.25, 0.3) is 0 Å². The summed E-state index contributed by atoms with van der Waals surface area (Å²) in [5.74, 6) is -0.555. The van der Waals surface area contributed by atoms with Gasteiger partial charge in [0.15, 0.2) is 0 Å². The number of esters is 2. The quantitative estimate of drug-likeness (QED) is 0.748. The van der Waals surface area contributed by atoms with E-state index in [1.54, 1.807) is 6.92 Å². The Kier molecular flexibility index (Phi) is 5.75. The number of benzene rings is 1. The molecule has 1 unspecified atom stereocenters. The van der Waals surface area contributed by atoms with Crippen molar-refractivity contribution in [3.05, 3.63) is 35.9 Å². The fourth-order valence-corrected chi connectivity index (χ4v) is 2.48. The number of carbonyl (C=O) groups excluding carboxylic acids is 2. The van der Waals surface area contributed by atoms with Crippen LogP contribution in [0.2, 0.25) is 0 Å². The summed E-state index contributed by atoms with van der Waals surface area (Å²) < 4.78 is 10.3. The molecule has 5 nitrogen and oxygen atoms in total. The summed E-state index contributed by atoms with van der Waals surface area (Å²) in [4.78, 5) is 25.5. The van der Waals surface area contributed by atoms with Crippen LogP contribution in [0.15, 0.2) is 30.3 Å². The van der Waals surface area contributed by atoms with E-state index in [9.17, 15) is 9.59 Å². The number of carbonyl (C=O) groups is 2. The Morgan fingerprint density at radius 1 is 1.24 bits per heavy atom. The minimum absolute atomic E-state index is 0.152. The highest BCUT2D eigenvalue weighted by atomic mass is 16.5. The van der Waals surface area contributed by atoms with E-state index in [1.165, 1.54) is 0 Å². The fraction of sp³-hybridized carbons (Fsp3) is 0.500. The predicted octanol–water partition coefficient (Wildman–Crippen LogP) is 1.76. The summed E-state index contributed by atoms with van der Waals surface area (Å²) in [7, 11) is 0. The van der Waals surface area contributed by atoms with Crippen LogP contribution in [0.1, 0.15) is 25.3 Å². The van der Waals surface area contributed by atoms with Crippen molar-refractivity contribution >= 4 is 11.9 Å². The molecule has 0 aliphatic carbocycles. The first kappa shape index (κ1) is 15.5. The Bertz CT molecular complexity index is 474. The van der Waals surface area contributed by atoms with Gasteiger partial charge in [-0.05, 0) is 31.9 Å². The van der Waals surface area contributed by atoms with Gasteiger partial charge in [-0.3, -0.25) is 14.5 Å². The molecule has 0 radical (unpaired) electrons. The molecule has 1 fully saturated rings. The SMILES string of the molecule is CCOC(=O)CN1CCCC1C(=O)OCc1ccccc1. The number of ether oxygens (including phenoxy) is 2. The van der Waals surface area contributed by atoms with Gasteiger partial charge in [-0.1, -0.05) is 30.3 Å². The van der Waals surface area contributed by atoms with Crippen LogP contribution in [0, 0.1) is 0 Å². The van der Waals surface area contributed by atoms with Crippen molar-refractivity contribution in [2.24, 2.45) is 0 Å². The zero-order valence-corrected chi connectivity index (χ0v) is 12.3. The summed E-state index contributed by atoms with van der Waals surface area (Å²) in [5, 5.41) is 0. The monoisotopic (exact) mass is 291 g/mol. The molecule has 2 rings (SSSR count). The number of nitrogens with zero attached hydrogens (tertiary/aromatic N) is 1. The van der Waals surface area contributed by atoms with Crippen LogP contribution in [0.4, 0.5) is 0 Å². The molecule has 0 spiro atoms. The topological polar surface area (TPSA) is 55.8 Å². The second-order valence-corrected chi connectivity index (χ2v) is 5.03. The Labute approximate surface area is 124 Å². The Hall–Kier alpha value is -1.88. The minimum Gasteiger partial charge on any atom is -0.465 e. The van der Waals surface area contributed by atoms with Gasteiger partial charge >= 0.3 is 11.9 Å². The lowest BCUT2D eigenvalue weighted by Gasteiger charge is -2.21. The van der Waals surface area contributed by atoms with Crippen LogP contribution in [-0.4, -0.2) is 42.6 Å². The standard InChI is InChI=1S/C16H21NO4/c1-2-20-15(18)11-17-10-6-9-14(17)16(19)21-12-13-7-4-3-5-8-13/h3-5,7-8,14H,2,6,9-12H2,1H3. The molecule has 1 aliphatic heterocycles. The lowest BCUT2D eigenvalue weighted by atomic mass is 10.2. The van der Waals surface area contributed by atoms with Gasteiger partial charge in [-0.15, -0.1) is 0 Å². The summed E-state index contributed by atoms with van der Waals surface area (Å²) in [6.45, 7) is 3.27. The molecule has 1 atom stereocenters. The molecule has 5 heteroatoms. The highest BCUT2D eigenvalue weighted by molar-refractivity contribution is 5.78. The lowest BCUT2D eigenvalue weighted by Crippen LogP contribution is -2.40. The zero-order valence-electron chi connectivity index (χ0n) is 12.3. The number of rotatable bonds is 6. The molecular weight excluding hydrogens is 270 g/mol. The summed E-state index contributed by atoms with van der Waals surface area (Å²) in [6.07, 6.45) is 1.62. The highest BCUT2D eigenvalue weighted by Gasteiger charge is 2.33. The van der Waals surface area contributed by atoms with Gasteiger partial charge in [0.05, 0.1) is 13.2 Å². The number of hydrogen-bond donors (Lipinski definition) is 0. The van der Waals surface area contributed by atoms with Crippen LogP contribution in [-0.2, 0) is 25.7 Å². The first-order valence-corrected chi connectivity index (χ1v) is 7.31. The first-order chi connectivity index (χ1) is 10.2. The number of hydrogen-bond acceptors (Lipinski definition) is 5. The van der Waals surface area contributed by atoms with Crippen LogP contribution in [0.25, 0.3) is 0 Å². The lowest BCUT2D eigenvalue weighted by molar-refractivity contribution is -0.152. The molecule has 1 saturated heterocycles.